The van der Waals surface area contributed by atoms with Gasteiger partial charge in [0.15, 0.2) is 0 Å². The third-order valence-electron chi connectivity index (χ3n) is 2.94. The van der Waals surface area contributed by atoms with E-state index >= 15 is 0 Å². The molecule has 1 unspecified atom stereocenters. The van der Waals surface area contributed by atoms with E-state index in [1.165, 1.54) is 0 Å². The van der Waals surface area contributed by atoms with Crippen LogP contribution in [0.5, 0.6) is 0 Å². The van der Waals surface area contributed by atoms with Crippen LogP contribution in [0.2, 0.25) is 0 Å². The molecule has 0 saturated carbocycles. The lowest BCUT2D eigenvalue weighted by Crippen LogP contribution is -2.04. The molecule has 2 N–H and O–H groups in total. The Bertz CT molecular complexity index is 569. The molecule has 0 amide bonds. The van der Waals surface area contributed by atoms with E-state index < -0.39 is 0 Å². The van der Waals surface area contributed by atoms with Crippen LogP contribution in [-0.4, -0.2) is 15.2 Å². The average Bonchev–Trinajstić information content (AvgIpc) is 2.55. The Morgan fingerprint density at radius 1 is 1.33 bits per heavy atom. The summed E-state index contributed by atoms with van der Waals surface area (Å²) < 4.78 is 0. The van der Waals surface area contributed by atoms with Crippen molar-refractivity contribution in [3.8, 4) is 0 Å². The number of hydrogen-bond acceptors (Lipinski definition) is 4. The van der Waals surface area contributed by atoms with Crippen LogP contribution in [0, 0.1) is 12.3 Å². The van der Waals surface area contributed by atoms with Gasteiger partial charge in [-0.1, -0.05) is 36.5 Å². The van der Waals surface area contributed by atoms with E-state index in [1.807, 2.05) is 31.2 Å². The van der Waals surface area contributed by atoms with Gasteiger partial charge in [0, 0.05) is 11.0 Å². The molecule has 1 aliphatic carbocycles. The molecule has 0 bridgehead atoms. The van der Waals surface area contributed by atoms with Gasteiger partial charge in [0.05, 0.1) is 11.4 Å². The summed E-state index contributed by atoms with van der Waals surface area (Å²) in [6.07, 6.45) is 12.1. The number of aromatic nitrogens is 3. The molecule has 0 saturated heterocycles. The van der Waals surface area contributed by atoms with Gasteiger partial charge in [0.1, 0.15) is 0 Å². The van der Waals surface area contributed by atoms with Crippen molar-refractivity contribution in [3.05, 3.63) is 54.4 Å². The van der Waals surface area contributed by atoms with Crippen LogP contribution in [0.4, 0.5) is 5.95 Å². The molecule has 18 heavy (non-hydrogen) atoms. The Kier molecular flexibility index (Phi) is 3.10. The number of nitrogens with two attached hydrogens (primary N) is 1. The maximum Gasteiger partial charge on any atom is 0.240 e. The van der Waals surface area contributed by atoms with Crippen molar-refractivity contribution in [3.63, 3.8) is 0 Å². The molecule has 1 aliphatic rings. The molecular weight excluding hydrogens is 224 g/mol. The van der Waals surface area contributed by atoms with Gasteiger partial charge in [0.2, 0.25) is 5.95 Å². The SMILES string of the molecule is C=CC1(C)C=CC=C(c2nc(N)nnc2C)C=C1. The van der Waals surface area contributed by atoms with E-state index in [-0.39, 0.29) is 11.4 Å². The van der Waals surface area contributed by atoms with E-state index in [9.17, 15) is 0 Å². The van der Waals surface area contributed by atoms with Gasteiger partial charge < -0.3 is 5.73 Å². The lowest BCUT2D eigenvalue weighted by atomic mass is 9.90. The van der Waals surface area contributed by atoms with Crippen molar-refractivity contribution in [1.29, 1.82) is 0 Å². The normalized spacial score (nSPS) is 22.4. The number of allylic oxidation sites excluding steroid dienone is 7. The third kappa shape index (κ3) is 2.37. The second kappa shape index (κ2) is 4.56. The Morgan fingerprint density at radius 2 is 2.11 bits per heavy atom. The van der Waals surface area contributed by atoms with Gasteiger partial charge in [-0.2, -0.15) is 0 Å². The largest absolute Gasteiger partial charge is 0.366 e. The number of nitrogens with zero attached hydrogens (tertiary/aromatic N) is 3. The van der Waals surface area contributed by atoms with Crippen LogP contribution in [0.15, 0.2) is 43.0 Å². The van der Waals surface area contributed by atoms with Gasteiger partial charge >= 0.3 is 0 Å². The molecular formula is C14H16N4. The van der Waals surface area contributed by atoms with E-state index in [0.29, 0.717) is 0 Å². The second-order valence-electron chi connectivity index (χ2n) is 4.49. The number of rotatable bonds is 2. The van der Waals surface area contributed by atoms with Crippen molar-refractivity contribution in [2.45, 2.75) is 13.8 Å². The zero-order valence-corrected chi connectivity index (χ0v) is 10.6. The van der Waals surface area contributed by atoms with Crippen molar-refractivity contribution in [2.24, 2.45) is 5.41 Å². The summed E-state index contributed by atoms with van der Waals surface area (Å²) in [7, 11) is 0. The van der Waals surface area contributed by atoms with Crippen LogP contribution >= 0.6 is 0 Å². The topological polar surface area (TPSA) is 64.7 Å². The maximum absolute atomic E-state index is 5.58. The quantitative estimate of drug-likeness (QED) is 0.806. The molecule has 0 spiro atoms. The summed E-state index contributed by atoms with van der Waals surface area (Å²) in [5.41, 5.74) is 7.93. The first-order valence-electron chi connectivity index (χ1n) is 5.73. The van der Waals surface area contributed by atoms with E-state index in [0.717, 1.165) is 17.0 Å². The van der Waals surface area contributed by atoms with Crippen molar-refractivity contribution >= 4 is 11.5 Å². The minimum Gasteiger partial charge on any atom is -0.366 e. The molecule has 2 rings (SSSR count). The number of hydrogen-bond donors (Lipinski definition) is 1. The first kappa shape index (κ1) is 12.2. The monoisotopic (exact) mass is 240 g/mol. The highest BCUT2D eigenvalue weighted by Crippen LogP contribution is 2.28. The number of anilines is 1. The highest BCUT2D eigenvalue weighted by molar-refractivity contribution is 5.75. The van der Waals surface area contributed by atoms with E-state index in [1.54, 1.807) is 0 Å². The predicted molar refractivity (Wildman–Crippen MR) is 73.5 cm³/mol. The van der Waals surface area contributed by atoms with Gasteiger partial charge in [-0.05, 0) is 13.8 Å². The molecule has 4 heteroatoms. The van der Waals surface area contributed by atoms with E-state index in [4.69, 9.17) is 5.73 Å². The molecule has 0 aliphatic heterocycles. The van der Waals surface area contributed by atoms with Gasteiger partial charge in [0.25, 0.3) is 0 Å². The summed E-state index contributed by atoms with van der Waals surface area (Å²) >= 11 is 0. The Morgan fingerprint density at radius 3 is 2.83 bits per heavy atom. The molecule has 0 aromatic carbocycles. The summed E-state index contributed by atoms with van der Waals surface area (Å²) in [4.78, 5) is 4.24. The number of nitrogen functional groups attached to an aromatic ring is 1. The Balaban J connectivity index is 2.45. The van der Waals surface area contributed by atoms with Crippen molar-refractivity contribution in [2.75, 3.05) is 5.73 Å². The number of aryl methyl sites for hydroxylation is 1. The van der Waals surface area contributed by atoms with Crippen LogP contribution in [-0.2, 0) is 0 Å². The Labute approximate surface area is 107 Å². The first-order chi connectivity index (χ1) is 8.54. The molecule has 0 radical (unpaired) electrons. The minimum atomic E-state index is -0.141. The highest BCUT2D eigenvalue weighted by Gasteiger charge is 2.15. The Hall–Kier alpha value is -2.23. The maximum atomic E-state index is 5.58. The van der Waals surface area contributed by atoms with Gasteiger partial charge in [-0.15, -0.1) is 16.8 Å². The smallest absolute Gasteiger partial charge is 0.240 e. The van der Waals surface area contributed by atoms with Crippen LogP contribution in [0.1, 0.15) is 18.3 Å². The third-order valence-corrected chi connectivity index (χ3v) is 2.94. The summed E-state index contributed by atoms with van der Waals surface area (Å²) in [6, 6.07) is 0. The zero-order valence-electron chi connectivity index (χ0n) is 10.6. The lowest BCUT2D eigenvalue weighted by Gasteiger charge is -2.14. The molecule has 1 heterocycles. The summed E-state index contributed by atoms with van der Waals surface area (Å²) in [6.45, 7) is 7.80. The minimum absolute atomic E-state index is 0.141. The fourth-order valence-electron chi connectivity index (χ4n) is 1.70. The van der Waals surface area contributed by atoms with Crippen LogP contribution in [0.25, 0.3) is 5.57 Å². The fraction of sp³-hybridized carbons (Fsp3) is 0.214. The summed E-state index contributed by atoms with van der Waals surface area (Å²) in [5, 5.41) is 7.72. The average molecular weight is 240 g/mol. The van der Waals surface area contributed by atoms with Crippen LogP contribution < -0.4 is 5.73 Å². The molecule has 1 aromatic heterocycles. The molecule has 1 atom stereocenters. The summed E-state index contributed by atoms with van der Waals surface area (Å²) in [5.74, 6) is 0.185. The standard InChI is InChI=1S/C14H16N4/c1-4-14(3)8-5-6-11(7-9-14)12-10(2)17-18-13(15)16-12/h4-9H,1H2,2-3H3,(H2,15,16,18). The molecule has 4 nitrogen and oxygen atoms in total. The molecule has 0 fully saturated rings. The molecule has 1 aromatic rings. The fourth-order valence-corrected chi connectivity index (χ4v) is 1.70. The van der Waals surface area contributed by atoms with Crippen LogP contribution in [0.3, 0.4) is 0 Å². The van der Waals surface area contributed by atoms with Crippen molar-refractivity contribution in [1.82, 2.24) is 15.2 Å². The first-order valence-corrected chi connectivity index (χ1v) is 5.73. The lowest BCUT2D eigenvalue weighted by molar-refractivity contribution is 0.720. The zero-order chi connectivity index (χ0) is 13.2. The van der Waals surface area contributed by atoms with Gasteiger partial charge in [-0.25, -0.2) is 4.98 Å². The van der Waals surface area contributed by atoms with Crippen molar-refractivity contribution < 1.29 is 0 Å². The van der Waals surface area contributed by atoms with E-state index in [2.05, 4.69) is 40.8 Å². The highest BCUT2D eigenvalue weighted by atomic mass is 15.2. The van der Waals surface area contributed by atoms with Gasteiger partial charge in [-0.3, -0.25) is 0 Å². The predicted octanol–water partition coefficient (Wildman–Crippen LogP) is 2.46. The second-order valence-corrected chi connectivity index (χ2v) is 4.49. The molecule has 92 valence electrons.